The monoisotopic (exact) mass is 440 g/mol. The van der Waals surface area contributed by atoms with Crippen LogP contribution in [-0.4, -0.2) is 46.4 Å². The van der Waals surface area contributed by atoms with E-state index in [4.69, 9.17) is 21.1 Å². The molecule has 7 nitrogen and oxygen atoms in total. The number of hydrogen-bond acceptors (Lipinski definition) is 5. The topological polar surface area (TPSA) is 84.9 Å². The van der Waals surface area contributed by atoms with Crippen molar-refractivity contribution < 1.29 is 22.7 Å². The van der Waals surface area contributed by atoms with E-state index in [1.807, 2.05) is 6.92 Å². The van der Waals surface area contributed by atoms with Gasteiger partial charge in [-0.1, -0.05) is 29.3 Å². The van der Waals surface area contributed by atoms with Gasteiger partial charge < -0.3 is 14.8 Å². The Morgan fingerprint density at radius 1 is 1.03 bits per heavy atom. The van der Waals surface area contributed by atoms with Crippen LogP contribution in [-0.2, 0) is 14.8 Å². The van der Waals surface area contributed by atoms with Crippen LogP contribution in [0.4, 0.5) is 5.69 Å². The fourth-order valence-electron chi connectivity index (χ4n) is 3.16. The third-order valence-corrected chi connectivity index (χ3v) is 6.79. The lowest BCUT2D eigenvalue weighted by Gasteiger charge is -2.20. The molecular weight excluding hydrogens is 416 g/mol. The molecule has 0 bridgehead atoms. The van der Waals surface area contributed by atoms with E-state index < -0.39 is 15.9 Å². The zero-order valence-corrected chi connectivity index (χ0v) is 18.9. The number of carbonyl (C=O) groups excluding carboxylic acids is 1. The second-order valence-electron chi connectivity index (χ2n) is 6.72. The average molecular weight is 441 g/mol. The minimum atomic E-state index is -3.84. The molecule has 1 N–H and O–H groups in total. The number of nitrogens with one attached hydrogen (secondary N) is 1. The molecule has 0 aliphatic carbocycles. The van der Waals surface area contributed by atoms with E-state index in [0.717, 1.165) is 9.87 Å². The fraction of sp³-hybridized carbons (Fsp3) is 0.350. The molecule has 29 heavy (non-hydrogen) atoms. The van der Waals surface area contributed by atoms with Gasteiger partial charge in [0.1, 0.15) is 11.5 Å². The molecule has 0 saturated heterocycles. The Bertz CT molecular complexity index is 1010. The van der Waals surface area contributed by atoms with Crippen molar-refractivity contribution in [2.75, 3.05) is 33.1 Å². The molecule has 2 aromatic carbocycles. The van der Waals surface area contributed by atoms with Crippen molar-refractivity contribution >= 4 is 33.2 Å². The van der Waals surface area contributed by atoms with Crippen LogP contribution in [0.1, 0.15) is 16.7 Å². The number of halogens is 1. The van der Waals surface area contributed by atoms with E-state index in [0.29, 0.717) is 33.3 Å². The summed E-state index contributed by atoms with van der Waals surface area (Å²) in [5.74, 6) is 0.163. The van der Waals surface area contributed by atoms with Crippen LogP contribution in [0.3, 0.4) is 0 Å². The number of rotatable bonds is 7. The third-order valence-electron chi connectivity index (χ3n) is 4.39. The predicted molar refractivity (Wildman–Crippen MR) is 114 cm³/mol. The van der Waals surface area contributed by atoms with E-state index in [1.165, 1.54) is 33.4 Å². The molecule has 0 atom stereocenters. The van der Waals surface area contributed by atoms with E-state index in [2.05, 4.69) is 5.32 Å². The van der Waals surface area contributed by atoms with Gasteiger partial charge in [0.25, 0.3) is 0 Å². The van der Waals surface area contributed by atoms with Crippen molar-refractivity contribution in [3.05, 3.63) is 46.0 Å². The van der Waals surface area contributed by atoms with Crippen LogP contribution in [0, 0.1) is 20.8 Å². The first-order valence-corrected chi connectivity index (χ1v) is 10.6. The Hall–Kier alpha value is -2.29. The summed E-state index contributed by atoms with van der Waals surface area (Å²) in [6.45, 7) is 5.02. The maximum absolute atomic E-state index is 13.0. The van der Waals surface area contributed by atoms with Crippen molar-refractivity contribution in [2.24, 2.45) is 0 Å². The SMILES string of the molecule is COc1cc(NC(=O)CN(C)S(=O)(=O)c2c(C)cc(C)cc2C)c(OC)cc1Cl. The van der Waals surface area contributed by atoms with Gasteiger partial charge in [-0.05, 0) is 31.9 Å². The molecule has 0 fully saturated rings. The average Bonchev–Trinajstić information content (AvgIpc) is 2.61. The molecule has 1 amide bonds. The van der Waals surface area contributed by atoms with Crippen molar-refractivity contribution in [2.45, 2.75) is 25.7 Å². The van der Waals surface area contributed by atoms with Gasteiger partial charge in [0.2, 0.25) is 15.9 Å². The standard InChI is InChI=1S/C20H25ClN2O5S/c1-12-7-13(2)20(14(3)8-12)29(25,26)23(4)11-19(24)22-16-10-17(27-5)15(21)9-18(16)28-6/h7-10H,11H2,1-6H3,(H,22,24). The minimum absolute atomic E-state index is 0.212. The van der Waals surface area contributed by atoms with Crippen molar-refractivity contribution in [3.63, 3.8) is 0 Å². The number of methoxy groups -OCH3 is 2. The van der Waals surface area contributed by atoms with Crippen LogP contribution in [0.5, 0.6) is 11.5 Å². The lowest BCUT2D eigenvalue weighted by atomic mass is 10.1. The summed E-state index contributed by atoms with van der Waals surface area (Å²) < 4.78 is 37.4. The molecule has 0 saturated carbocycles. The van der Waals surface area contributed by atoms with Crippen LogP contribution in [0.15, 0.2) is 29.2 Å². The highest BCUT2D eigenvalue weighted by molar-refractivity contribution is 7.89. The summed E-state index contributed by atoms with van der Waals surface area (Å²) in [5, 5.41) is 2.97. The van der Waals surface area contributed by atoms with E-state index in [-0.39, 0.29) is 11.4 Å². The van der Waals surface area contributed by atoms with Crippen LogP contribution in [0.2, 0.25) is 5.02 Å². The predicted octanol–water partition coefficient (Wildman–Crippen LogP) is 3.54. The maximum atomic E-state index is 13.0. The number of likely N-dealkylation sites (N-methyl/N-ethyl adjacent to an activating group) is 1. The first-order chi connectivity index (χ1) is 13.5. The lowest BCUT2D eigenvalue weighted by molar-refractivity contribution is -0.116. The highest BCUT2D eigenvalue weighted by Crippen LogP contribution is 2.36. The third kappa shape index (κ3) is 5.01. The minimum Gasteiger partial charge on any atom is -0.495 e. The van der Waals surface area contributed by atoms with Crippen LogP contribution < -0.4 is 14.8 Å². The van der Waals surface area contributed by atoms with Crippen LogP contribution >= 0.6 is 11.6 Å². The number of benzene rings is 2. The molecule has 0 aliphatic rings. The molecule has 158 valence electrons. The smallest absolute Gasteiger partial charge is 0.243 e. The van der Waals surface area contributed by atoms with Gasteiger partial charge in [-0.3, -0.25) is 4.79 Å². The first-order valence-electron chi connectivity index (χ1n) is 8.76. The number of carbonyl (C=O) groups is 1. The number of anilines is 1. The summed E-state index contributed by atoms with van der Waals surface area (Å²) in [6, 6.07) is 6.63. The highest BCUT2D eigenvalue weighted by atomic mass is 35.5. The zero-order valence-electron chi connectivity index (χ0n) is 17.3. The largest absolute Gasteiger partial charge is 0.495 e. The van der Waals surface area contributed by atoms with Crippen molar-refractivity contribution in [1.82, 2.24) is 4.31 Å². The highest BCUT2D eigenvalue weighted by Gasteiger charge is 2.27. The molecule has 0 spiro atoms. The first kappa shape index (κ1) is 23.0. The number of aryl methyl sites for hydroxylation is 3. The molecule has 2 rings (SSSR count). The number of ether oxygens (including phenoxy) is 2. The van der Waals surface area contributed by atoms with Gasteiger partial charge in [0, 0.05) is 19.2 Å². The van der Waals surface area contributed by atoms with E-state index in [1.54, 1.807) is 26.0 Å². The second kappa shape index (κ2) is 9.02. The van der Waals surface area contributed by atoms with E-state index >= 15 is 0 Å². The Kier molecular flexibility index (Phi) is 7.15. The maximum Gasteiger partial charge on any atom is 0.243 e. The molecule has 0 aromatic heterocycles. The zero-order chi connectivity index (χ0) is 21.9. The van der Waals surface area contributed by atoms with Crippen LogP contribution in [0.25, 0.3) is 0 Å². The summed E-state index contributed by atoms with van der Waals surface area (Å²) in [5.41, 5.74) is 2.58. The van der Waals surface area contributed by atoms with Gasteiger partial charge in [-0.25, -0.2) is 8.42 Å². The van der Waals surface area contributed by atoms with Gasteiger partial charge in [-0.2, -0.15) is 4.31 Å². The van der Waals surface area contributed by atoms with Gasteiger partial charge in [-0.15, -0.1) is 0 Å². The molecule has 0 aliphatic heterocycles. The summed E-state index contributed by atoms with van der Waals surface area (Å²) >= 11 is 6.06. The van der Waals surface area contributed by atoms with Crippen molar-refractivity contribution in [1.29, 1.82) is 0 Å². The number of sulfonamides is 1. The Morgan fingerprint density at radius 2 is 1.59 bits per heavy atom. The summed E-state index contributed by atoms with van der Waals surface area (Å²) in [4.78, 5) is 12.7. The van der Waals surface area contributed by atoms with Gasteiger partial charge >= 0.3 is 0 Å². The number of hydrogen-bond donors (Lipinski definition) is 1. The Balaban J connectivity index is 2.25. The molecule has 2 aromatic rings. The quantitative estimate of drug-likeness (QED) is 0.711. The van der Waals surface area contributed by atoms with Gasteiger partial charge in [0.15, 0.2) is 0 Å². The Morgan fingerprint density at radius 3 is 2.10 bits per heavy atom. The summed E-state index contributed by atoms with van der Waals surface area (Å²) in [6.07, 6.45) is 0. The second-order valence-corrected chi connectivity index (χ2v) is 9.11. The normalized spacial score (nSPS) is 11.4. The van der Waals surface area contributed by atoms with E-state index in [9.17, 15) is 13.2 Å². The molecular formula is C20H25ClN2O5S. The Labute approximate surface area is 176 Å². The molecule has 9 heteroatoms. The van der Waals surface area contributed by atoms with Crippen molar-refractivity contribution in [3.8, 4) is 11.5 Å². The molecule has 0 radical (unpaired) electrons. The number of amides is 1. The van der Waals surface area contributed by atoms with Gasteiger partial charge in [0.05, 0.1) is 36.4 Å². The lowest BCUT2D eigenvalue weighted by Crippen LogP contribution is -2.35. The molecule has 0 unspecified atom stereocenters. The summed E-state index contributed by atoms with van der Waals surface area (Å²) in [7, 11) is 0.412. The fourth-order valence-corrected chi connectivity index (χ4v) is 4.93. The molecule has 0 heterocycles. The number of nitrogens with zero attached hydrogens (tertiary/aromatic N) is 1.